The minimum absolute atomic E-state index is 0.379. The maximum Gasteiger partial charge on any atom is 0.191 e. The molecule has 16 heavy (non-hydrogen) atoms. The number of hydrogen-bond donors (Lipinski definition) is 2. The number of aliphatic imine (C=N–C) groups is 1. The van der Waals surface area contributed by atoms with Crippen LogP contribution in [0.1, 0.15) is 26.5 Å². The van der Waals surface area contributed by atoms with Crippen molar-refractivity contribution in [2.75, 3.05) is 6.54 Å². The van der Waals surface area contributed by atoms with Crippen LogP contribution in [0.2, 0.25) is 0 Å². The summed E-state index contributed by atoms with van der Waals surface area (Å²) in [6.45, 7) is 7.75. The number of hydrogen-bond acceptors (Lipinski definition) is 2. The van der Waals surface area contributed by atoms with Gasteiger partial charge in [0.2, 0.25) is 0 Å². The Hall–Kier alpha value is -1.52. The van der Waals surface area contributed by atoms with Crippen LogP contribution in [-0.2, 0) is 13.6 Å². The quantitative estimate of drug-likeness (QED) is 0.588. The molecule has 0 aliphatic carbocycles. The predicted octanol–water partition coefficient (Wildman–Crippen LogP) is 0.884. The molecule has 0 bridgehead atoms. The van der Waals surface area contributed by atoms with Crippen LogP contribution in [0.5, 0.6) is 0 Å². The molecule has 5 heteroatoms. The lowest BCUT2D eigenvalue weighted by Crippen LogP contribution is -2.41. The molecule has 0 unspecified atom stereocenters. The second-order valence-electron chi connectivity index (χ2n) is 3.94. The molecule has 0 aliphatic rings. The van der Waals surface area contributed by atoms with E-state index in [1.54, 1.807) is 6.20 Å². The predicted molar refractivity (Wildman–Crippen MR) is 66.3 cm³/mol. The van der Waals surface area contributed by atoms with Gasteiger partial charge in [0, 0.05) is 25.8 Å². The lowest BCUT2D eigenvalue weighted by atomic mass is 10.4. The summed E-state index contributed by atoms with van der Waals surface area (Å²) in [5.41, 5.74) is 1.10. The summed E-state index contributed by atoms with van der Waals surface area (Å²) in [4.78, 5) is 4.49. The zero-order chi connectivity index (χ0) is 12.0. The van der Waals surface area contributed by atoms with Crippen LogP contribution in [0.4, 0.5) is 0 Å². The molecule has 0 aromatic carbocycles. The first-order valence-electron chi connectivity index (χ1n) is 5.65. The van der Waals surface area contributed by atoms with Crippen molar-refractivity contribution >= 4 is 5.96 Å². The lowest BCUT2D eigenvalue weighted by Gasteiger charge is -2.13. The molecule has 1 rings (SSSR count). The van der Waals surface area contributed by atoms with Gasteiger partial charge >= 0.3 is 0 Å². The van der Waals surface area contributed by atoms with E-state index < -0.39 is 0 Å². The number of nitrogens with one attached hydrogen (secondary N) is 2. The third kappa shape index (κ3) is 3.92. The fourth-order valence-electron chi connectivity index (χ4n) is 1.31. The molecule has 5 nitrogen and oxygen atoms in total. The second kappa shape index (κ2) is 6.15. The van der Waals surface area contributed by atoms with E-state index in [0.717, 1.165) is 18.2 Å². The minimum atomic E-state index is 0.379. The number of rotatable bonds is 4. The van der Waals surface area contributed by atoms with E-state index >= 15 is 0 Å². The summed E-state index contributed by atoms with van der Waals surface area (Å²) < 4.78 is 1.84. The minimum Gasteiger partial charge on any atom is -0.357 e. The van der Waals surface area contributed by atoms with E-state index in [9.17, 15) is 0 Å². The van der Waals surface area contributed by atoms with E-state index in [1.807, 2.05) is 17.8 Å². The molecule has 0 amide bonds. The molecule has 1 aromatic rings. The zero-order valence-corrected chi connectivity index (χ0v) is 10.5. The topological polar surface area (TPSA) is 54.2 Å². The van der Waals surface area contributed by atoms with Gasteiger partial charge in [0.1, 0.15) is 0 Å². The van der Waals surface area contributed by atoms with Gasteiger partial charge in [-0.2, -0.15) is 5.10 Å². The van der Waals surface area contributed by atoms with E-state index in [0.29, 0.717) is 12.6 Å². The van der Waals surface area contributed by atoms with Gasteiger partial charge in [-0.05, 0) is 26.8 Å². The van der Waals surface area contributed by atoms with E-state index in [-0.39, 0.29) is 0 Å². The van der Waals surface area contributed by atoms with Gasteiger partial charge in [0.15, 0.2) is 5.96 Å². The summed E-state index contributed by atoms with van der Waals surface area (Å²) in [7, 11) is 1.92. The Morgan fingerprint density at radius 3 is 2.81 bits per heavy atom. The van der Waals surface area contributed by atoms with Crippen LogP contribution in [0.15, 0.2) is 17.3 Å². The SMILES string of the molecule is CCNC(=NCc1ccnn1C)NC(C)C. The number of aryl methyl sites for hydroxylation is 1. The highest BCUT2D eigenvalue weighted by atomic mass is 15.3. The Bertz CT molecular complexity index is 340. The first kappa shape index (κ1) is 12.5. The number of guanidine groups is 1. The molecule has 0 atom stereocenters. The lowest BCUT2D eigenvalue weighted by molar-refractivity contribution is 0.686. The summed E-state index contributed by atoms with van der Waals surface area (Å²) in [5, 5.41) is 10.6. The molecule has 90 valence electrons. The summed E-state index contributed by atoms with van der Waals surface area (Å²) in [6, 6.07) is 2.35. The Labute approximate surface area is 97.0 Å². The average molecular weight is 223 g/mol. The highest BCUT2D eigenvalue weighted by molar-refractivity contribution is 5.79. The van der Waals surface area contributed by atoms with Gasteiger partial charge < -0.3 is 10.6 Å². The first-order valence-corrected chi connectivity index (χ1v) is 5.65. The summed E-state index contributed by atoms with van der Waals surface area (Å²) >= 11 is 0. The molecule has 0 saturated carbocycles. The maximum atomic E-state index is 4.49. The van der Waals surface area contributed by atoms with Crippen molar-refractivity contribution in [2.24, 2.45) is 12.0 Å². The maximum absolute atomic E-state index is 4.49. The van der Waals surface area contributed by atoms with Gasteiger partial charge in [0.05, 0.1) is 12.2 Å². The van der Waals surface area contributed by atoms with Crippen molar-refractivity contribution in [1.29, 1.82) is 0 Å². The summed E-state index contributed by atoms with van der Waals surface area (Å²) in [6.07, 6.45) is 1.79. The van der Waals surface area contributed by atoms with Crippen molar-refractivity contribution in [1.82, 2.24) is 20.4 Å². The fraction of sp³-hybridized carbons (Fsp3) is 0.636. The van der Waals surface area contributed by atoms with Crippen molar-refractivity contribution in [3.05, 3.63) is 18.0 Å². The van der Waals surface area contributed by atoms with Gasteiger partial charge in [-0.1, -0.05) is 0 Å². The van der Waals surface area contributed by atoms with Crippen molar-refractivity contribution < 1.29 is 0 Å². The monoisotopic (exact) mass is 223 g/mol. The average Bonchev–Trinajstić information content (AvgIpc) is 2.60. The Morgan fingerprint density at radius 2 is 2.31 bits per heavy atom. The van der Waals surface area contributed by atoms with Gasteiger partial charge in [-0.25, -0.2) is 4.99 Å². The van der Waals surface area contributed by atoms with Crippen LogP contribution in [0.3, 0.4) is 0 Å². The molecular weight excluding hydrogens is 202 g/mol. The Kier molecular flexibility index (Phi) is 4.82. The van der Waals surface area contributed by atoms with E-state index in [2.05, 4.69) is 41.5 Å². The van der Waals surface area contributed by atoms with Crippen LogP contribution in [-0.4, -0.2) is 28.3 Å². The fourth-order valence-corrected chi connectivity index (χ4v) is 1.31. The van der Waals surface area contributed by atoms with Crippen LogP contribution in [0, 0.1) is 0 Å². The third-order valence-electron chi connectivity index (χ3n) is 2.09. The van der Waals surface area contributed by atoms with Crippen molar-refractivity contribution in [2.45, 2.75) is 33.4 Å². The third-order valence-corrected chi connectivity index (χ3v) is 2.09. The molecule has 0 aliphatic heterocycles. The molecule has 0 spiro atoms. The van der Waals surface area contributed by atoms with Crippen molar-refractivity contribution in [3.8, 4) is 0 Å². The molecule has 0 radical (unpaired) electrons. The van der Waals surface area contributed by atoms with E-state index in [1.165, 1.54) is 0 Å². The normalized spacial score (nSPS) is 11.9. The molecule has 0 fully saturated rings. The molecule has 0 saturated heterocycles. The Morgan fingerprint density at radius 1 is 1.56 bits per heavy atom. The molecular formula is C11H21N5. The van der Waals surface area contributed by atoms with Crippen LogP contribution in [0.25, 0.3) is 0 Å². The summed E-state index contributed by atoms with van der Waals surface area (Å²) in [5.74, 6) is 0.846. The molecule has 1 aromatic heterocycles. The first-order chi connectivity index (χ1) is 7.63. The number of nitrogens with zero attached hydrogens (tertiary/aromatic N) is 3. The Balaban J connectivity index is 2.60. The smallest absolute Gasteiger partial charge is 0.191 e. The van der Waals surface area contributed by atoms with Gasteiger partial charge in [-0.3, -0.25) is 4.68 Å². The second-order valence-corrected chi connectivity index (χ2v) is 3.94. The molecule has 1 heterocycles. The van der Waals surface area contributed by atoms with Gasteiger partial charge in [-0.15, -0.1) is 0 Å². The highest BCUT2D eigenvalue weighted by Crippen LogP contribution is 1.98. The van der Waals surface area contributed by atoms with Gasteiger partial charge in [0.25, 0.3) is 0 Å². The van der Waals surface area contributed by atoms with Crippen LogP contribution < -0.4 is 10.6 Å². The molecule has 2 N–H and O–H groups in total. The zero-order valence-electron chi connectivity index (χ0n) is 10.5. The largest absolute Gasteiger partial charge is 0.357 e. The van der Waals surface area contributed by atoms with Crippen LogP contribution >= 0.6 is 0 Å². The van der Waals surface area contributed by atoms with Crippen molar-refractivity contribution in [3.63, 3.8) is 0 Å². The number of aromatic nitrogens is 2. The van der Waals surface area contributed by atoms with E-state index in [4.69, 9.17) is 0 Å². The standard InChI is InChI=1S/C11H21N5/c1-5-12-11(15-9(2)3)13-8-10-6-7-14-16(10)4/h6-7,9H,5,8H2,1-4H3,(H2,12,13,15). The highest BCUT2D eigenvalue weighted by Gasteiger charge is 2.01.